The van der Waals surface area contributed by atoms with Gasteiger partial charge in [-0.15, -0.1) is 12.4 Å². The maximum Gasteiger partial charge on any atom is 0.0702 e. The quantitative estimate of drug-likeness (QED) is 0.945. The van der Waals surface area contributed by atoms with Crippen molar-refractivity contribution in [1.82, 2.24) is 9.88 Å². The predicted octanol–water partition coefficient (Wildman–Crippen LogP) is 2.83. The van der Waals surface area contributed by atoms with Crippen LogP contribution in [0.3, 0.4) is 0 Å². The number of pyridine rings is 1. The second kappa shape index (κ2) is 6.08. The Balaban J connectivity index is 0.00000147. The van der Waals surface area contributed by atoms with Crippen LogP contribution in [0.5, 0.6) is 0 Å². The highest BCUT2D eigenvalue weighted by molar-refractivity contribution is 5.85. The van der Waals surface area contributed by atoms with Gasteiger partial charge in [0.15, 0.2) is 0 Å². The van der Waals surface area contributed by atoms with Crippen molar-refractivity contribution in [1.29, 1.82) is 0 Å². The average molecular weight is 292 g/mol. The fourth-order valence-electron chi connectivity index (χ4n) is 2.89. The molecule has 4 heteroatoms. The summed E-state index contributed by atoms with van der Waals surface area (Å²) in [5.74, 6) is 0. The Labute approximate surface area is 126 Å². The van der Waals surface area contributed by atoms with E-state index in [9.17, 15) is 0 Å². The van der Waals surface area contributed by atoms with Gasteiger partial charge in [-0.05, 0) is 42.6 Å². The third-order valence-corrected chi connectivity index (χ3v) is 4.18. The smallest absolute Gasteiger partial charge is 0.0702 e. The Bertz CT molecular complexity index is 587. The predicted molar refractivity (Wildman–Crippen MR) is 86.0 cm³/mol. The molecule has 3 rings (SSSR count). The topological polar surface area (TPSA) is 42.1 Å². The van der Waals surface area contributed by atoms with E-state index >= 15 is 0 Å². The van der Waals surface area contributed by atoms with E-state index in [1.54, 1.807) is 0 Å². The maximum atomic E-state index is 5.86. The molecule has 1 unspecified atom stereocenters. The molecule has 1 aromatic carbocycles. The molecule has 0 radical (unpaired) electrons. The number of nitrogens with zero attached hydrogens (tertiary/aromatic N) is 2. The van der Waals surface area contributed by atoms with Crippen molar-refractivity contribution < 1.29 is 0 Å². The summed E-state index contributed by atoms with van der Waals surface area (Å²) in [6.45, 7) is 6.27. The van der Waals surface area contributed by atoms with Crippen LogP contribution in [0.4, 0.5) is 0 Å². The molecule has 0 saturated carbocycles. The molecule has 0 bridgehead atoms. The summed E-state index contributed by atoms with van der Waals surface area (Å²) in [5.41, 5.74) is 8.52. The van der Waals surface area contributed by atoms with E-state index < -0.39 is 0 Å². The largest absolute Gasteiger partial charge is 0.330 e. The lowest BCUT2D eigenvalue weighted by Crippen LogP contribution is -2.31. The molecule has 1 aliphatic rings. The van der Waals surface area contributed by atoms with E-state index in [4.69, 9.17) is 5.73 Å². The highest BCUT2D eigenvalue weighted by atomic mass is 35.5. The van der Waals surface area contributed by atoms with Crippen molar-refractivity contribution in [2.75, 3.05) is 19.6 Å². The van der Waals surface area contributed by atoms with Crippen LogP contribution in [0.25, 0.3) is 10.9 Å². The zero-order chi connectivity index (χ0) is 13.3. The second-order valence-corrected chi connectivity index (χ2v) is 6.01. The lowest BCUT2D eigenvalue weighted by molar-refractivity contribution is 0.274. The molecule has 2 aromatic rings. The molecule has 1 aliphatic heterocycles. The second-order valence-electron chi connectivity index (χ2n) is 6.01. The van der Waals surface area contributed by atoms with Crippen LogP contribution in [0.15, 0.2) is 36.5 Å². The first-order chi connectivity index (χ1) is 9.18. The molecule has 1 saturated heterocycles. The Hall–Kier alpha value is -1.16. The molecule has 1 atom stereocenters. The van der Waals surface area contributed by atoms with Crippen molar-refractivity contribution >= 4 is 23.3 Å². The SMILES string of the molecule is CC1(CN)CCN(Cc2cnc3ccccc3c2)C1.Cl. The molecule has 2 heterocycles. The summed E-state index contributed by atoms with van der Waals surface area (Å²) >= 11 is 0. The van der Waals surface area contributed by atoms with Gasteiger partial charge < -0.3 is 5.73 Å². The zero-order valence-corrected chi connectivity index (χ0v) is 12.7. The lowest BCUT2D eigenvalue weighted by Gasteiger charge is -2.22. The van der Waals surface area contributed by atoms with E-state index in [1.165, 1.54) is 17.4 Å². The van der Waals surface area contributed by atoms with Crippen LogP contribution in [0.1, 0.15) is 18.9 Å². The molecule has 0 amide bonds. The van der Waals surface area contributed by atoms with Gasteiger partial charge in [0.1, 0.15) is 0 Å². The van der Waals surface area contributed by atoms with E-state index in [2.05, 4.69) is 41.1 Å². The molecule has 108 valence electrons. The van der Waals surface area contributed by atoms with Gasteiger partial charge in [0.2, 0.25) is 0 Å². The first-order valence-electron chi connectivity index (χ1n) is 6.95. The first-order valence-corrected chi connectivity index (χ1v) is 6.95. The number of nitrogens with two attached hydrogens (primary N) is 1. The minimum Gasteiger partial charge on any atom is -0.330 e. The van der Waals surface area contributed by atoms with E-state index in [-0.39, 0.29) is 12.4 Å². The third-order valence-electron chi connectivity index (χ3n) is 4.18. The Morgan fingerprint density at radius 3 is 2.90 bits per heavy atom. The number of likely N-dealkylation sites (tertiary alicyclic amines) is 1. The number of rotatable bonds is 3. The molecule has 1 fully saturated rings. The summed E-state index contributed by atoms with van der Waals surface area (Å²) in [7, 11) is 0. The fourth-order valence-corrected chi connectivity index (χ4v) is 2.89. The van der Waals surface area contributed by atoms with E-state index in [1.807, 2.05) is 12.3 Å². The number of hydrogen-bond acceptors (Lipinski definition) is 3. The molecule has 20 heavy (non-hydrogen) atoms. The van der Waals surface area contributed by atoms with Gasteiger partial charge in [0.25, 0.3) is 0 Å². The van der Waals surface area contributed by atoms with Gasteiger partial charge in [-0.1, -0.05) is 25.1 Å². The van der Waals surface area contributed by atoms with Crippen LogP contribution in [-0.4, -0.2) is 29.5 Å². The minimum absolute atomic E-state index is 0. The summed E-state index contributed by atoms with van der Waals surface area (Å²) in [6, 6.07) is 10.5. The summed E-state index contributed by atoms with van der Waals surface area (Å²) in [4.78, 5) is 7.01. The molecular formula is C16H22ClN3. The van der Waals surface area contributed by atoms with Crippen LogP contribution in [0.2, 0.25) is 0 Å². The van der Waals surface area contributed by atoms with Gasteiger partial charge in [-0.3, -0.25) is 9.88 Å². The Morgan fingerprint density at radius 1 is 1.35 bits per heavy atom. The number of para-hydroxylation sites is 1. The summed E-state index contributed by atoms with van der Waals surface area (Å²) < 4.78 is 0. The van der Waals surface area contributed by atoms with Crippen molar-refractivity contribution in [3.63, 3.8) is 0 Å². The number of aromatic nitrogens is 1. The van der Waals surface area contributed by atoms with Crippen molar-refractivity contribution in [3.8, 4) is 0 Å². The Morgan fingerprint density at radius 2 is 2.15 bits per heavy atom. The van der Waals surface area contributed by atoms with E-state index in [0.29, 0.717) is 5.41 Å². The fraction of sp³-hybridized carbons (Fsp3) is 0.438. The highest BCUT2D eigenvalue weighted by Gasteiger charge is 2.32. The van der Waals surface area contributed by atoms with Gasteiger partial charge in [-0.25, -0.2) is 0 Å². The minimum atomic E-state index is 0. The third kappa shape index (κ3) is 3.11. The molecule has 1 aromatic heterocycles. The van der Waals surface area contributed by atoms with Crippen LogP contribution in [0, 0.1) is 5.41 Å². The molecule has 0 spiro atoms. The van der Waals surface area contributed by atoms with Crippen molar-refractivity contribution in [3.05, 3.63) is 42.1 Å². The number of hydrogen-bond donors (Lipinski definition) is 1. The number of halogens is 1. The maximum absolute atomic E-state index is 5.86. The van der Waals surface area contributed by atoms with Crippen molar-refractivity contribution in [2.45, 2.75) is 19.9 Å². The van der Waals surface area contributed by atoms with Gasteiger partial charge >= 0.3 is 0 Å². The normalized spacial score (nSPS) is 22.9. The number of fused-ring (bicyclic) bond motifs is 1. The highest BCUT2D eigenvalue weighted by Crippen LogP contribution is 2.29. The zero-order valence-electron chi connectivity index (χ0n) is 11.9. The van der Waals surface area contributed by atoms with Crippen molar-refractivity contribution in [2.24, 2.45) is 11.1 Å². The monoisotopic (exact) mass is 291 g/mol. The van der Waals surface area contributed by atoms with Gasteiger partial charge in [0, 0.05) is 24.7 Å². The van der Waals surface area contributed by atoms with Crippen LogP contribution < -0.4 is 5.73 Å². The van der Waals surface area contributed by atoms with Gasteiger partial charge in [0.05, 0.1) is 5.52 Å². The summed E-state index contributed by atoms with van der Waals surface area (Å²) in [6.07, 6.45) is 3.20. The number of benzene rings is 1. The molecule has 2 N–H and O–H groups in total. The Kier molecular flexibility index (Phi) is 4.63. The summed E-state index contributed by atoms with van der Waals surface area (Å²) in [5, 5.41) is 1.22. The lowest BCUT2D eigenvalue weighted by atomic mass is 9.90. The molecule has 3 nitrogen and oxygen atoms in total. The van der Waals surface area contributed by atoms with Crippen LogP contribution >= 0.6 is 12.4 Å². The van der Waals surface area contributed by atoms with Gasteiger partial charge in [-0.2, -0.15) is 0 Å². The molecule has 0 aliphatic carbocycles. The molecular weight excluding hydrogens is 270 g/mol. The average Bonchev–Trinajstić information content (AvgIpc) is 2.81. The standard InChI is InChI=1S/C16H21N3.ClH/c1-16(11-17)6-7-19(12-16)10-13-8-14-4-2-3-5-15(14)18-9-13;/h2-5,8-9H,6-7,10-12,17H2,1H3;1H. The van der Waals surface area contributed by atoms with Crippen LogP contribution in [-0.2, 0) is 6.54 Å². The van der Waals surface area contributed by atoms with E-state index in [0.717, 1.165) is 31.7 Å². The first kappa shape index (κ1) is 15.2.